The van der Waals surface area contributed by atoms with Crippen molar-refractivity contribution in [3.8, 4) is 11.5 Å². The molecule has 0 atom stereocenters. The average molecular weight is 349 g/mol. The molecule has 2 rings (SSSR count). The van der Waals surface area contributed by atoms with Gasteiger partial charge in [-0.1, -0.05) is 17.7 Å². The van der Waals surface area contributed by atoms with Gasteiger partial charge in [0.1, 0.15) is 11.5 Å². The van der Waals surface area contributed by atoms with E-state index in [1.54, 1.807) is 24.3 Å². The van der Waals surface area contributed by atoms with Gasteiger partial charge < -0.3 is 20.5 Å². The molecular formula is C17H17ClN2O4. The number of halogens is 1. The van der Waals surface area contributed by atoms with E-state index in [9.17, 15) is 14.7 Å². The highest BCUT2D eigenvalue weighted by molar-refractivity contribution is 6.31. The second kappa shape index (κ2) is 8.21. The van der Waals surface area contributed by atoms with Crippen LogP contribution in [0.1, 0.15) is 20.7 Å². The van der Waals surface area contributed by atoms with Crippen molar-refractivity contribution in [2.75, 3.05) is 20.2 Å². The summed E-state index contributed by atoms with van der Waals surface area (Å²) < 4.78 is 5.12. The van der Waals surface area contributed by atoms with Gasteiger partial charge in [-0.25, -0.2) is 0 Å². The van der Waals surface area contributed by atoms with Crippen molar-refractivity contribution in [3.63, 3.8) is 0 Å². The lowest BCUT2D eigenvalue weighted by Gasteiger charge is -2.10. The SMILES string of the molecule is COc1ccc(Cl)cc1C(=O)NCCNC(=O)c1cccc(O)c1. The summed E-state index contributed by atoms with van der Waals surface area (Å²) in [5.41, 5.74) is 0.669. The van der Waals surface area contributed by atoms with Crippen LogP contribution < -0.4 is 15.4 Å². The molecule has 0 fully saturated rings. The molecule has 0 radical (unpaired) electrons. The zero-order valence-corrected chi connectivity index (χ0v) is 13.8. The van der Waals surface area contributed by atoms with Crippen molar-refractivity contribution in [3.05, 3.63) is 58.6 Å². The fraction of sp³-hybridized carbons (Fsp3) is 0.176. The van der Waals surface area contributed by atoms with Crippen LogP contribution in [-0.2, 0) is 0 Å². The molecule has 0 saturated heterocycles. The summed E-state index contributed by atoms with van der Waals surface area (Å²) in [5, 5.41) is 15.1. The van der Waals surface area contributed by atoms with Crippen LogP contribution in [-0.4, -0.2) is 37.1 Å². The Morgan fingerprint density at radius 2 is 1.79 bits per heavy atom. The Morgan fingerprint density at radius 1 is 1.08 bits per heavy atom. The van der Waals surface area contributed by atoms with Crippen molar-refractivity contribution < 1.29 is 19.4 Å². The molecule has 0 saturated carbocycles. The molecule has 0 aromatic heterocycles. The minimum atomic E-state index is -0.346. The van der Waals surface area contributed by atoms with Gasteiger partial charge in [-0.3, -0.25) is 9.59 Å². The lowest BCUT2D eigenvalue weighted by molar-refractivity contribution is 0.0926. The number of hydrogen-bond donors (Lipinski definition) is 3. The van der Waals surface area contributed by atoms with Gasteiger partial charge >= 0.3 is 0 Å². The smallest absolute Gasteiger partial charge is 0.255 e. The van der Waals surface area contributed by atoms with Crippen LogP contribution in [0.3, 0.4) is 0 Å². The van der Waals surface area contributed by atoms with E-state index >= 15 is 0 Å². The van der Waals surface area contributed by atoms with Crippen molar-refractivity contribution in [1.82, 2.24) is 10.6 Å². The molecule has 2 aromatic rings. The van der Waals surface area contributed by atoms with Gasteiger partial charge in [0.15, 0.2) is 0 Å². The van der Waals surface area contributed by atoms with Crippen molar-refractivity contribution >= 4 is 23.4 Å². The molecule has 0 bridgehead atoms. The molecule has 2 amide bonds. The molecule has 3 N–H and O–H groups in total. The number of methoxy groups -OCH3 is 1. The summed E-state index contributed by atoms with van der Waals surface area (Å²) in [6, 6.07) is 10.8. The van der Waals surface area contributed by atoms with Crippen molar-refractivity contribution in [1.29, 1.82) is 0 Å². The van der Waals surface area contributed by atoms with Gasteiger partial charge in [-0.2, -0.15) is 0 Å². The molecule has 6 nitrogen and oxygen atoms in total. The van der Waals surface area contributed by atoms with E-state index in [4.69, 9.17) is 16.3 Å². The molecule has 0 spiro atoms. The molecule has 7 heteroatoms. The Hall–Kier alpha value is -2.73. The summed E-state index contributed by atoms with van der Waals surface area (Å²) in [6.45, 7) is 0.474. The number of aromatic hydroxyl groups is 1. The molecule has 0 aliphatic rings. The number of ether oxygens (including phenoxy) is 1. The summed E-state index contributed by atoms with van der Waals surface area (Å²) in [5.74, 6) is -0.244. The maximum absolute atomic E-state index is 12.1. The predicted molar refractivity (Wildman–Crippen MR) is 90.8 cm³/mol. The van der Waals surface area contributed by atoms with Crippen LogP contribution in [0.2, 0.25) is 5.02 Å². The zero-order valence-electron chi connectivity index (χ0n) is 13.0. The predicted octanol–water partition coefficient (Wildman–Crippen LogP) is 2.21. The van der Waals surface area contributed by atoms with Crippen LogP contribution >= 0.6 is 11.6 Å². The quantitative estimate of drug-likeness (QED) is 0.698. The molecular weight excluding hydrogens is 332 g/mol. The van der Waals surface area contributed by atoms with E-state index in [-0.39, 0.29) is 30.7 Å². The summed E-state index contributed by atoms with van der Waals surface area (Å²) in [6.07, 6.45) is 0. The third-order valence-electron chi connectivity index (χ3n) is 3.21. The Kier molecular flexibility index (Phi) is 6.03. The van der Waals surface area contributed by atoms with E-state index in [0.29, 0.717) is 21.9 Å². The standard InChI is InChI=1S/C17H17ClN2O4/c1-24-15-6-5-12(18)10-14(15)17(23)20-8-7-19-16(22)11-3-2-4-13(21)9-11/h2-6,9-10,21H,7-8H2,1H3,(H,19,22)(H,20,23). The number of carbonyl (C=O) groups is 2. The molecule has 2 aromatic carbocycles. The number of phenols is 1. The molecule has 126 valence electrons. The third kappa shape index (κ3) is 4.63. The van der Waals surface area contributed by atoms with Gasteiger partial charge in [-0.15, -0.1) is 0 Å². The zero-order chi connectivity index (χ0) is 17.5. The normalized spacial score (nSPS) is 10.1. The van der Waals surface area contributed by atoms with Gasteiger partial charge in [0.05, 0.1) is 12.7 Å². The van der Waals surface area contributed by atoms with Crippen molar-refractivity contribution in [2.24, 2.45) is 0 Å². The van der Waals surface area contributed by atoms with Gasteiger partial charge in [0.25, 0.3) is 11.8 Å². The summed E-state index contributed by atoms with van der Waals surface area (Å²) in [4.78, 5) is 24.0. The molecule has 0 heterocycles. The van der Waals surface area contributed by atoms with Gasteiger partial charge in [0, 0.05) is 23.7 Å². The van der Waals surface area contributed by atoms with Crippen LogP contribution in [0, 0.1) is 0 Å². The maximum Gasteiger partial charge on any atom is 0.255 e. The molecule has 0 unspecified atom stereocenters. The third-order valence-corrected chi connectivity index (χ3v) is 3.45. The topological polar surface area (TPSA) is 87.7 Å². The van der Waals surface area contributed by atoms with Crippen LogP contribution in [0.4, 0.5) is 0 Å². The highest BCUT2D eigenvalue weighted by atomic mass is 35.5. The fourth-order valence-corrected chi connectivity index (χ4v) is 2.23. The average Bonchev–Trinajstić information content (AvgIpc) is 2.58. The number of rotatable bonds is 6. The lowest BCUT2D eigenvalue weighted by Crippen LogP contribution is -2.34. The van der Waals surface area contributed by atoms with Crippen LogP contribution in [0.25, 0.3) is 0 Å². The number of amides is 2. The highest BCUT2D eigenvalue weighted by Crippen LogP contribution is 2.22. The number of carbonyl (C=O) groups excluding carboxylic acids is 2. The van der Waals surface area contributed by atoms with Crippen LogP contribution in [0.5, 0.6) is 11.5 Å². The van der Waals surface area contributed by atoms with E-state index in [1.165, 1.54) is 25.3 Å². The van der Waals surface area contributed by atoms with Gasteiger partial charge in [0.2, 0.25) is 0 Å². The van der Waals surface area contributed by atoms with E-state index in [1.807, 2.05) is 0 Å². The van der Waals surface area contributed by atoms with Crippen LogP contribution in [0.15, 0.2) is 42.5 Å². The second-order valence-corrected chi connectivity index (χ2v) is 5.34. The number of phenolic OH excluding ortho intramolecular Hbond substituents is 1. The Balaban J connectivity index is 1.85. The Morgan fingerprint density at radius 3 is 2.46 bits per heavy atom. The lowest BCUT2D eigenvalue weighted by atomic mass is 10.2. The molecule has 0 aliphatic carbocycles. The first-order valence-electron chi connectivity index (χ1n) is 7.20. The number of benzene rings is 2. The van der Waals surface area contributed by atoms with E-state index in [0.717, 1.165) is 0 Å². The minimum absolute atomic E-state index is 0.0176. The highest BCUT2D eigenvalue weighted by Gasteiger charge is 2.12. The fourth-order valence-electron chi connectivity index (χ4n) is 2.05. The first kappa shape index (κ1) is 17.6. The molecule has 0 aliphatic heterocycles. The minimum Gasteiger partial charge on any atom is -0.508 e. The second-order valence-electron chi connectivity index (χ2n) is 4.91. The number of hydrogen-bond acceptors (Lipinski definition) is 4. The summed E-state index contributed by atoms with van der Waals surface area (Å²) >= 11 is 5.89. The first-order chi connectivity index (χ1) is 11.5. The maximum atomic E-state index is 12.1. The Bertz CT molecular complexity index is 749. The van der Waals surface area contributed by atoms with E-state index < -0.39 is 0 Å². The Labute approximate surface area is 144 Å². The van der Waals surface area contributed by atoms with E-state index in [2.05, 4.69) is 10.6 Å². The van der Waals surface area contributed by atoms with Crippen molar-refractivity contribution in [2.45, 2.75) is 0 Å². The molecule has 24 heavy (non-hydrogen) atoms. The largest absolute Gasteiger partial charge is 0.508 e. The first-order valence-corrected chi connectivity index (χ1v) is 7.58. The van der Waals surface area contributed by atoms with Gasteiger partial charge in [-0.05, 0) is 36.4 Å². The monoisotopic (exact) mass is 348 g/mol. The number of nitrogens with one attached hydrogen (secondary N) is 2. The summed E-state index contributed by atoms with van der Waals surface area (Å²) in [7, 11) is 1.47.